The number of hydrogen-bond donors (Lipinski definition) is 0. The fourth-order valence-corrected chi connectivity index (χ4v) is 7.62. The highest BCUT2D eigenvalue weighted by Gasteiger charge is 2.23. The molecule has 0 aliphatic heterocycles. The van der Waals surface area contributed by atoms with Crippen molar-refractivity contribution < 1.29 is 0 Å². The van der Waals surface area contributed by atoms with Gasteiger partial charge in [0.15, 0.2) is 0 Å². The summed E-state index contributed by atoms with van der Waals surface area (Å²) in [5.41, 5.74) is 13.1. The van der Waals surface area contributed by atoms with Crippen LogP contribution in [-0.4, -0.2) is 0 Å². The van der Waals surface area contributed by atoms with Gasteiger partial charge in [-0.05, 0) is 91.0 Å². The van der Waals surface area contributed by atoms with Gasteiger partial charge < -0.3 is 4.90 Å². The van der Waals surface area contributed by atoms with Gasteiger partial charge in [0.1, 0.15) is 0 Å². The maximum atomic E-state index is 2.44. The predicted molar refractivity (Wildman–Crippen MR) is 218 cm³/mol. The van der Waals surface area contributed by atoms with E-state index in [4.69, 9.17) is 0 Å². The van der Waals surface area contributed by atoms with Crippen LogP contribution in [0.2, 0.25) is 0 Å². The summed E-state index contributed by atoms with van der Waals surface area (Å²) in [4.78, 5) is 2.44. The molecule has 0 spiro atoms. The van der Waals surface area contributed by atoms with Crippen LogP contribution in [0.1, 0.15) is 0 Å². The fourth-order valence-electron chi connectivity index (χ4n) is 7.62. The van der Waals surface area contributed by atoms with Crippen molar-refractivity contribution in [3.63, 3.8) is 0 Å². The van der Waals surface area contributed by atoms with Gasteiger partial charge >= 0.3 is 0 Å². The summed E-state index contributed by atoms with van der Waals surface area (Å²) in [5, 5.41) is 4.91. The summed E-state index contributed by atoms with van der Waals surface area (Å²) in [6.07, 6.45) is 0. The summed E-state index contributed by atoms with van der Waals surface area (Å²) in [6, 6.07) is 76.6. The molecule has 0 fully saturated rings. The normalized spacial score (nSPS) is 11.1. The van der Waals surface area contributed by atoms with Gasteiger partial charge in [-0.25, -0.2) is 0 Å². The Hall–Kier alpha value is -6.70. The van der Waals surface area contributed by atoms with Crippen LogP contribution < -0.4 is 4.90 Å². The van der Waals surface area contributed by atoms with Crippen LogP contribution in [0, 0.1) is 0 Å². The smallest absolute Gasteiger partial charge is 0.0546 e. The van der Waals surface area contributed by atoms with E-state index < -0.39 is 0 Å². The third-order valence-corrected chi connectivity index (χ3v) is 9.84. The van der Waals surface area contributed by atoms with Gasteiger partial charge in [0.2, 0.25) is 0 Å². The number of nitrogens with zero attached hydrogens (tertiary/aromatic N) is 1. The van der Waals surface area contributed by atoms with Crippen LogP contribution in [0.5, 0.6) is 0 Å². The van der Waals surface area contributed by atoms with Crippen molar-refractivity contribution >= 4 is 38.6 Å². The van der Waals surface area contributed by atoms with E-state index in [1.165, 1.54) is 66.1 Å². The highest BCUT2D eigenvalue weighted by atomic mass is 15.1. The largest absolute Gasteiger partial charge is 0.310 e. The van der Waals surface area contributed by atoms with Crippen LogP contribution in [0.15, 0.2) is 212 Å². The molecular weight excluding hydrogens is 615 g/mol. The summed E-state index contributed by atoms with van der Waals surface area (Å²) < 4.78 is 0. The zero-order valence-electron chi connectivity index (χ0n) is 28.2. The number of fused-ring (bicyclic) bond motifs is 3. The molecule has 9 aromatic carbocycles. The van der Waals surface area contributed by atoms with Gasteiger partial charge in [0, 0.05) is 16.8 Å². The molecular formula is C50H35N. The Bertz CT molecular complexity index is 2600. The molecule has 1 nitrogen and oxygen atoms in total. The Morgan fingerprint density at radius 2 is 0.725 bits per heavy atom. The third kappa shape index (κ3) is 5.56. The standard InChI is InChI=1S/C50H35N/c1-6-19-36(20-7-1)42-34-33-41(35-46(42)37-21-8-2-9-22-37)51(40-27-14-5-15-28-40)47-32-18-31-45-49(39-25-12-4-13-26-39)48(38-23-10-3-11-24-38)43-29-16-17-30-44(43)50(45)47/h1-35H. The van der Waals surface area contributed by atoms with Gasteiger partial charge in [-0.2, -0.15) is 0 Å². The van der Waals surface area contributed by atoms with Crippen molar-refractivity contribution in [1.82, 2.24) is 0 Å². The van der Waals surface area contributed by atoms with Crippen LogP contribution in [0.25, 0.3) is 66.1 Å². The highest BCUT2D eigenvalue weighted by Crippen LogP contribution is 2.50. The van der Waals surface area contributed by atoms with Crippen molar-refractivity contribution in [2.24, 2.45) is 0 Å². The van der Waals surface area contributed by atoms with Crippen LogP contribution in [0.4, 0.5) is 17.1 Å². The lowest BCUT2D eigenvalue weighted by molar-refractivity contribution is 1.30. The summed E-state index contributed by atoms with van der Waals surface area (Å²) >= 11 is 0. The van der Waals surface area contributed by atoms with E-state index in [1.807, 2.05) is 0 Å². The number of benzene rings is 9. The van der Waals surface area contributed by atoms with Crippen LogP contribution >= 0.6 is 0 Å². The van der Waals surface area contributed by atoms with E-state index in [0.717, 1.165) is 17.1 Å². The first kappa shape index (κ1) is 30.4. The van der Waals surface area contributed by atoms with Gasteiger partial charge in [-0.15, -0.1) is 0 Å². The second-order valence-electron chi connectivity index (χ2n) is 12.9. The van der Waals surface area contributed by atoms with Crippen molar-refractivity contribution in [2.45, 2.75) is 0 Å². The molecule has 0 bridgehead atoms. The van der Waals surface area contributed by atoms with Crippen molar-refractivity contribution in [3.8, 4) is 44.5 Å². The summed E-state index contributed by atoms with van der Waals surface area (Å²) in [6.45, 7) is 0. The van der Waals surface area contributed by atoms with E-state index in [9.17, 15) is 0 Å². The van der Waals surface area contributed by atoms with E-state index in [0.29, 0.717) is 0 Å². The SMILES string of the molecule is c1ccc(-c2ccc(N(c3ccccc3)c3cccc4c(-c5ccccc5)c(-c5ccccc5)c5ccccc5c34)cc2-c2ccccc2)cc1. The average molecular weight is 650 g/mol. The first-order valence-electron chi connectivity index (χ1n) is 17.5. The van der Waals surface area contributed by atoms with E-state index in [-0.39, 0.29) is 0 Å². The lowest BCUT2D eigenvalue weighted by atomic mass is 9.84. The number of rotatable bonds is 7. The molecule has 9 aromatic rings. The Morgan fingerprint density at radius 3 is 1.31 bits per heavy atom. The number of para-hydroxylation sites is 1. The molecule has 9 rings (SSSR count). The average Bonchev–Trinajstić information content (AvgIpc) is 3.22. The highest BCUT2D eigenvalue weighted by molar-refractivity contribution is 6.25. The van der Waals surface area contributed by atoms with Crippen molar-refractivity contribution in [3.05, 3.63) is 212 Å². The van der Waals surface area contributed by atoms with Crippen LogP contribution in [0.3, 0.4) is 0 Å². The molecule has 0 aromatic heterocycles. The number of anilines is 3. The lowest BCUT2D eigenvalue weighted by Gasteiger charge is -2.29. The zero-order valence-corrected chi connectivity index (χ0v) is 28.2. The summed E-state index contributed by atoms with van der Waals surface area (Å²) in [7, 11) is 0. The van der Waals surface area contributed by atoms with Crippen molar-refractivity contribution in [2.75, 3.05) is 4.90 Å². The van der Waals surface area contributed by atoms with Crippen LogP contribution in [-0.2, 0) is 0 Å². The molecule has 0 heterocycles. The monoisotopic (exact) mass is 649 g/mol. The quantitative estimate of drug-likeness (QED) is 0.155. The lowest BCUT2D eigenvalue weighted by Crippen LogP contribution is -2.11. The molecule has 51 heavy (non-hydrogen) atoms. The molecule has 0 aliphatic rings. The minimum absolute atomic E-state index is 1.10. The second kappa shape index (κ2) is 13.3. The summed E-state index contributed by atoms with van der Waals surface area (Å²) in [5.74, 6) is 0. The van der Waals surface area contributed by atoms with Gasteiger partial charge in [-0.1, -0.05) is 182 Å². The van der Waals surface area contributed by atoms with Gasteiger partial charge in [-0.3, -0.25) is 0 Å². The first-order chi connectivity index (χ1) is 25.3. The van der Waals surface area contributed by atoms with Gasteiger partial charge in [0.05, 0.1) is 5.69 Å². The van der Waals surface area contributed by atoms with E-state index >= 15 is 0 Å². The van der Waals surface area contributed by atoms with E-state index in [2.05, 4.69) is 217 Å². The molecule has 0 saturated heterocycles. The van der Waals surface area contributed by atoms with Crippen molar-refractivity contribution in [1.29, 1.82) is 0 Å². The van der Waals surface area contributed by atoms with E-state index in [1.54, 1.807) is 0 Å². The first-order valence-corrected chi connectivity index (χ1v) is 17.5. The molecule has 0 atom stereocenters. The minimum atomic E-state index is 1.10. The van der Waals surface area contributed by atoms with Gasteiger partial charge in [0.25, 0.3) is 0 Å². The zero-order chi connectivity index (χ0) is 34.0. The Balaban J connectivity index is 1.38. The minimum Gasteiger partial charge on any atom is -0.310 e. The third-order valence-electron chi connectivity index (χ3n) is 9.84. The number of hydrogen-bond acceptors (Lipinski definition) is 1. The predicted octanol–water partition coefficient (Wildman–Crippen LogP) is 14.1. The molecule has 240 valence electrons. The maximum absolute atomic E-state index is 2.44. The maximum Gasteiger partial charge on any atom is 0.0546 e. The molecule has 1 heteroatoms. The molecule has 0 radical (unpaired) electrons. The second-order valence-corrected chi connectivity index (χ2v) is 12.9. The molecule has 0 amide bonds. The Kier molecular flexibility index (Phi) is 7.92. The molecule has 0 saturated carbocycles. The Labute approximate surface area is 299 Å². The molecule has 0 aliphatic carbocycles. The Morgan fingerprint density at radius 1 is 0.275 bits per heavy atom. The topological polar surface area (TPSA) is 3.24 Å². The fraction of sp³-hybridized carbons (Fsp3) is 0. The molecule has 0 unspecified atom stereocenters. The molecule has 0 N–H and O–H groups in total.